The van der Waals surface area contributed by atoms with Crippen molar-refractivity contribution in [2.45, 2.75) is 47.5 Å². The molecule has 1 aliphatic rings. The molecule has 0 amide bonds. The Morgan fingerprint density at radius 2 is 1.41 bits per heavy atom. The molecule has 0 atom stereocenters. The van der Waals surface area contributed by atoms with Crippen molar-refractivity contribution in [3.63, 3.8) is 0 Å². The predicted molar refractivity (Wildman–Crippen MR) is 101 cm³/mol. The van der Waals surface area contributed by atoms with Crippen LogP contribution in [0.4, 0.5) is 0 Å². The van der Waals surface area contributed by atoms with Gasteiger partial charge in [-0.15, -0.1) is 0 Å². The number of halogens is 1. The fraction of sp³-hybridized carbons (Fsp3) is 0.429. The normalized spacial score (nSPS) is 17.3. The largest absolute Gasteiger partial charge is 0.0912 e. The average Bonchev–Trinajstić information content (AvgIpc) is 2.36. The molecule has 22 heavy (non-hydrogen) atoms. The van der Waals surface area contributed by atoms with E-state index in [1.54, 1.807) is 0 Å². The second-order valence-electron chi connectivity index (χ2n) is 8.22. The zero-order chi connectivity index (χ0) is 16.7. The van der Waals surface area contributed by atoms with Gasteiger partial charge in [0.1, 0.15) is 0 Å². The molecule has 1 aromatic rings. The van der Waals surface area contributed by atoms with Gasteiger partial charge in [-0.25, -0.2) is 0 Å². The second kappa shape index (κ2) is 5.85. The van der Waals surface area contributed by atoms with E-state index in [0.717, 1.165) is 4.47 Å². The van der Waals surface area contributed by atoms with E-state index in [0.29, 0.717) is 5.92 Å². The zero-order valence-electron chi connectivity index (χ0n) is 14.6. The van der Waals surface area contributed by atoms with Crippen LogP contribution in [0.1, 0.15) is 53.0 Å². The molecule has 1 heteroatoms. The summed E-state index contributed by atoms with van der Waals surface area (Å²) >= 11 is 3.59. The maximum atomic E-state index is 4.41. The molecule has 0 heterocycles. The molecule has 1 aliphatic carbocycles. The average molecular weight is 359 g/mol. The third-order valence-corrected chi connectivity index (χ3v) is 4.69. The summed E-state index contributed by atoms with van der Waals surface area (Å²) in [7, 11) is 0. The Balaban J connectivity index is 2.58. The topological polar surface area (TPSA) is 0 Å². The minimum absolute atomic E-state index is 0.103. The quantitative estimate of drug-likeness (QED) is 0.504. The van der Waals surface area contributed by atoms with Crippen molar-refractivity contribution in [1.82, 2.24) is 0 Å². The highest BCUT2D eigenvalue weighted by atomic mass is 79.9. The Morgan fingerprint density at radius 1 is 0.909 bits per heavy atom. The van der Waals surface area contributed by atoms with Crippen molar-refractivity contribution in [3.05, 3.63) is 69.8 Å². The summed E-state index contributed by atoms with van der Waals surface area (Å²) in [6, 6.07) is 8.61. The lowest BCUT2D eigenvalue weighted by Gasteiger charge is -2.36. The first-order valence-electron chi connectivity index (χ1n) is 7.90. The third kappa shape index (κ3) is 3.63. The van der Waals surface area contributed by atoms with Gasteiger partial charge >= 0.3 is 0 Å². The molecule has 0 nitrogen and oxygen atoms in total. The van der Waals surface area contributed by atoms with Gasteiger partial charge in [-0.1, -0.05) is 88.3 Å². The molecule has 0 unspecified atom stereocenters. The number of benzene rings is 1. The molecule has 1 aromatic carbocycles. The van der Waals surface area contributed by atoms with Crippen molar-refractivity contribution in [2.24, 2.45) is 10.8 Å². The molecule has 0 aromatic heterocycles. The lowest BCUT2D eigenvalue weighted by atomic mass is 9.68. The van der Waals surface area contributed by atoms with Gasteiger partial charge in [0.05, 0.1) is 0 Å². The summed E-state index contributed by atoms with van der Waals surface area (Å²) in [4.78, 5) is 0. The van der Waals surface area contributed by atoms with Crippen LogP contribution in [0.2, 0.25) is 0 Å². The summed E-state index contributed by atoms with van der Waals surface area (Å²) in [5.74, 6) is 0.312. The number of rotatable bonds is 1. The Hall–Kier alpha value is -1.08. The summed E-state index contributed by atoms with van der Waals surface area (Å²) < 4.78 is 1.13. The van der Waals surface area contributed by atoms with Gasteiger partial charge in [-0.2, -0.15) is 0 Å². The Labute approximate surface area is 144 Å². The van der Waals surface area contributed by atoms with E-state index in [4.69, 9.17) is 0 Å². The molecule has 2 rings (SSSR count). The maximum Gasteiger partial charge on any atom is 0.0211 e. The van der Waals surface area contributed by atoms with Crippen LogP contribution in [0, 0.1) is 10.8 Å². The zero-order valence-corrected chi connectivity index (χ0v) is 16.2. The first-order chi connectivity index (χ1) is 10.00. The molecule has 0 saturated carbocycles. The van der Waals surface area contributed by atoms with Crippen molar-refractivity contribution >= 4 is 15.9 Å². The standard InChI is InChI=1S/C21H27Br/c1-14-18(20(2,3)4)12-16(13-19(14)21(5,6)7)15-9-8-10-17(22)11-15/h8-13,16H,1H2,2-7H3. The molecule has 0 fully saturated rings. The lowest BCUT2D eigenvalue weighted by molar-refractivity contribution is 0.475. The minimum Gasteiger partial charge on any atom is -0.0912 e. The summed E-state index contributed by atoms with van der Waals surface area (Å²) in [5.41, 5.74) is 5.46. The molecule has 0 saturated heterocycles. The fourth-order valence-corrected chi connectivity index (χ4v) is 3.48. The van der Waals surface area contributed by atoms with Gasteiger partial charge in [-0.05, 0) is 45.2 Å². The number of hydrogen-bond donors (Lipinski definition) is 0. The highest BCUT2D eigenvalue weighted by Crippen LogP contribution is 2.46. The fourth-order valence-electron chi connectivity index (χ4n) is 3.07. The highest BCUT2D eigenvalue weighted by molar-refractivity contribution is 9.10. The highest BCUT2D eigenvalue weighted by Gasteiger charge is 2.31. The van der Waals surface area contributed by atoms with E-state index in [1.165, 1.54) is 22.3 Å². The smallest absolute Gasteiger partial charge is 0.0211 e. The second-order valence-corrected chi connectivity index (χ2v) is 9.14. The van der Waals surface area contributed by atoms with Crippen molar-refractivity contribution in [1.29, 1.82) is 0 Å². The van der Waals surface area contributed by atoms with Crippen molar-refractivity contribution in [3.8, 4) is 0 Å². The maximum absolute atomic E-state index is 4.41. The van der Waals surface area contributed by atoms with Crippen LogP contribution < -0.4 is 0 Å². The van der Waals surface area contributed by atoms with Gasteiger partial charge in [0.2, 0.25) is 0 Å². The molecule has 0 N–H and O–H groups in total. The van der Waals surface area contributed by atoms with E-state index < -0.39 is 0 Å². The molecule has 118 valence electrons. The molecular formula is C21H27Br. The molecule has 0 radical (unpaired) electrons. The monoisotopic (exact) mass is 358 g/mol. The van der Waals surface area contributed by atoms with Crippen LogP contribution in [-0.4, -0.2) is 0 Å². The van der Waals surface area contributed by atoms with Crippen LogP contribution in [-0.2, 0) is 0 Å². The predicted octanol–water partition coefficient (Wildman–Crippen LogP) is 7.05. The van der Waals surface area contributed by atoms with Crippen LogP contribution in [0.15, 0.2) is 64.2 Å². The number of allylic oxidation sites excluding steroid dienone is 5. The van der Waals surface area contributed by atoms with E-state index in [-0.39, 0.29) is 10.8 Å². The molecule has 0 spiro atoms. The Bertz CT molecular complexity index is 611. The van der Waals surface area contributed by atoms with Crippen LogP contribution >= 0.6 is 15.9 Å². The molecule has 0 aliphatic heterocycles. The molecule has 0 bridgehead atoms. The summed E-state index contributed by atoms with van der Waals surface area (Å²) in [5, 5.41) is 0. The Morgan fingerprint density at radius 3 is 1.82 bits per heavy atom. The van der Waals surface area contributed by atoms with E-state index in [9.17, 15) is 0 Å². The van der Waals surface area contributed by atoms with Crippen LogP contribution in [0.25, 0.3) is 0 Å². The van der Waals surface area contributed by atoms with Crippen molar-refractivity contribution < 1.29 is 0 Å². The number of hydrogen-bond acceptors (Lipinski definition) is 0. The van der Waals surface area contributed by atoms with Gasteiger partial charge in [0.15, 0.2) is 0 Å². The van der Waals surface area contributed by atoms with E-state index in [1.807, 2.05) is 0 Å². The summed E-state index contributed by atoms with van der Waals surface area (Å²) in [6.07, 6.45) is 4.78. The van der Waals surface area contributed by atoms with Crippen LogP contribution in [0.5, 0.6) is 0 Å². The minimum atomic E-state index is 0.103. The van der Waals surface area contributed by atoms with Gasteiger partial charge in [0, 0.05) is 10.4 Å². The van der Waals surface area contributed by atoms with Crippen LogP contribution in [0.3, 0.4) is 0 Å². The van der Waals surface area contributed by atoms with Gasteiger partial charge in [0.25, 0.3) is 0 Å². The summed E-state index contributed by atoms with van der Waals surface area (Å²) in [6.45, 7) is 18.0. The first kappa shape index (κ1) is 17.3. The SMILES string of the molecule is C=C1C(C(C)(C)C)=CC(c2cccc(Br)c2)C=C1C(C)(C)C. The van der Waals surface area contributed by atoms with Crippen molar-refractivity contribution in [2.75, 3.05) is 0 Å². The third-order valence-electron chi connectivity index (χ3n) is 4.19. The van der Waals surface area contributed by atoms with E-state index >= 15 is 0 Å². The van der Waals surface area contributed by atoms with E-state index in [2.05, 4.69) is 100 Å². The lowest BCUT2D eigenvalue weighted by Crippen LogP contribution is -2.22. The molecular weight excluding hydrogens is 332 g/mol. The first-order valence-corrected chi connectivity index (χ1v) is 8.69. The van der Waals surface area contributed by atoms with Gasteiger partial charge in [-0.3, -0.25) is 0 Å². The Kier molecular flexibility index (Phi) is 4.59. The van der Waals surface area contributed by atoms with Gasteiger partial charge < -0.3 is 0 Å².